The van der Waals surface area contributed by atoms with Gasteiger partial charge in [-0.15, -0.1) is 5.48 Å². The molecule has 0 amide bonds. The van der Waals surface area contributed by atoms with Crippen LogP contribution in [0.4, 0.5) is 5.69 Å². The van der Waals surface area contributed by atoms with Crippen molar-refractivity contribution in [3.05, 3.63) is 64.6 Å². The first-order valence-corrected chi connectivity index (χ1v) is 9.91. The van der Waals surface area contributed by atoms with Gasteiger partial charge in [0.2, 0.25) is 0 Å². The van der Waals surface area contributed by atoms with Gasteiger partial charge in [0.1, 0.15) is 0 Å². The summed E-state index contributed by atoms with van der Waals surface area (Å²) in [6.45, 7) is 4.02. The minimum absolute atomic E-state index is 0.200. The van der Waals surface area contributed by atoms with Gasteiger partial charge < -0.3 is 14.6 Å². The Morgan fingerprint density at radius 2 is 2.00 bits per heavy atom. The monoisotopic (exact) mass is 376 g/mol. The number of rotatable bonds is 4. The second-order valence-corrected chi connectivity index (χ2v) is 7.80. The Balaban J connectivity index is 1.58. The second-order valence-electron chi connectivity index (χ2n) is 7.80. The largest absolute Gasteiger partial charge is 0.375 e. The molecule has 6 heteroatoms. The zero-order valence-corrected chi connectivity index (χ0v) is 16.2. The third-order valence-electron chi connectivity index (χ3n) is 5.81. The third-order valence-corrected chi connectivity index (χ3v) is 5.81. The number of nitrogens with zero attached hydrogens (tertiary/aromatic N) is 2. The lowest BCUT2D eigenvalue weighted by molar-refractivity contribution is 0.0234. The Kier molecular flexibility index (Phi) is 4.09. The molecule has 3 aromatic rings. The van der Waals surface area contributed by atoms with Crippen molar-refractivity contribution in [2.45, 2.75) is 51.6 Å². The van der Waals surface area contributed by atoms with Crippen molar-refractivity contribution in [3.63, 3.8) is 0 Å². The number of carbonyl (C=O) groups is 1. The van der Waals surface area contributed by atoms with E-state index in [0.717, 1.165) is 54.0 Å². The molecule has 1 atom stereocenters. The summed E-state index contributed by atoms with van der Waals surface area (Å²) in [6.07, 6.45) is 5.72. The molecule has 1 fully saturated rings. The molecule has 0 spiro atoms. The lowest BCUT2D eigenvalue weighted by Crippen LogP contribution is -2.26. The summed E-state index contributed by atoms with van der Waals surface area (Å²) in [5.41, 5.74) is 9.53. The lowest BCUT2D eigenvalue weighted by Gasteiger charge is -2.29. The molecule has 3 heterocycles. The molecule has 1 aromatic carbocycles. The molecule has 0 bridgehead atoms. The maximum Gasteiger partial charge on any atom is 0.358 e. The fourth-order valence-corrected chi connectivity index (χ4v) is 3.89. The molecule has 6 nitrogen and oxygen atoms in total. The Morgan fingerprint density at radius 3 is 2.75 bits per heavy atom. The highest BCUT2D eigenvalue weighted by Gasteiger charge is 2.29. The van der Waals surface area contributed by atoms with Gasteiger partial charge in [-0.3, -0.25) is 0 Å². The molecule has 0 saturated heterocycles. The Morgan fingerprint density at radius 1 is 1.21 bits per heavy atom. The molecular formula is C22H24N4O2. The van der Waals surface area contributed by atoms with E-state index in [4.69, 9.17) is 9.82 Å². The number of pyridine rings is 1. The second kappa shape index (κ2) is 6.63. The number of anilines is 1. The van der Waals surface area contributed by atoms with Crippen LogP contribution in [0, 0.1) is 13.8 Å². The van der Waals surface area contributed by atoms with E-state index in [1.807, 2.05) is 30.5 Å². The highest BCUT2D eigenvalue weighted by atomic mass is 16.7. The van der Waals surface area contributed by atoms with E-state index in [1.54, 1.807) is 0 Å². The van der Waals surface area contributed by atoms with Crippen LogP contribution in [-0.4, -0.2) is 21.4 Å². The van der Waals surface area contributed by atoms with Gasteiger partial charge >= 0.3 is 5.97 Å². The van der Waals surface area contributed by atoms with Crippen molar-refractivity contribution in [2.24, 2.45) is 0 Å². The Hall–Kier alpha value is -2.86. The van der Waals surface area contributed by atoms with E-state index in [9.17, 15) is 4.79 Å². The number of benzene rings is 1. The molecule has 1 aliphatic carbocycles. The average Bonchev–Trinajstić information content (AvgIpc) is 3.51. The van der Waals surface area contributed by atoms with E-state index in [2.05, 4.69) is 35.1 Å². The summed E-state index contributed by atoms with van der Waals surface area (Å²) < 4.78 is 2.00. The van der Waals surface area contributed by atoms with Crippen LogP contribution in [0.1, 0.15) is 58.2 Å². The number of hydrogen-bond donors (Lipinski definition) is 2. The molecule has 1 unspecified atom stereocenters. The van der Waals surface area contributed by atoms with Crippen LogP contribution >= 0.6 is 0 Å². The predicted molar refractivity (Wildman–Crippen MR) is 107 cm³/mol. The molecule has 144 valence electrons. The molecule has 1 aliphatic heterocycles. The summed E-state index contributed by atoms with van der Waals surface area (Å²) in [6, 6.07) is 10.9. The van der Waals surface area contributed by atoms with Crippen LogP contribution in [0.2, 0.25) is 0 Å². The van der Waals surface area contributed by atoms with E-state index >= 15 is 0 Å². The van der Waals surface area contributed by atoms with Gasteiger partial charge in [-0.1, -0.05) is 30.3 Å². The van der Waals surface area contributed by atoms with Crippen LogP contribution in [0.5, 0.6) is 0 Å². The summed E-state index contributed by atoms with van der Waals surface area (Å²) in [4.78, 5) is 23.0. The lowest BCUT2D eigenvalue weighted by atomic mass is 9.91. The van der Waals surface area contributed by atoms with Crippen molar-refractivity contribution in [2.75, 3.05) is 5.32 Å². The fraction of sp³-hybridized carbons (Fsp3) is 0.364. The summed E-state index contributed by atoms with van der Waals surface area (Å²) in [5.74, 6) is -0.323. The van der Waals surface area contributed by atoms with Crippen LogP contribution < -0.4 is 10.8 Å². The first-order chi connectivity index (χ1) is 13.6. The number of carbonyl (C=O) groups excluding carboxylic acids is 1. The zero-order chi connectivity index (χ0) is 19.3. The fourth-order valence-electron chi connectivity index (χ4n) is 3.89. The first-order valence-electron chi connectivity index (χ1n) is 9.91. The molecule has 2 aromatic heterocycles. The molecule has 1 saturated carbocycles. The number of hydrogen-bond acceptors (Lipinski definition) is 5. The van der Waals surface area contributed by atoms with Crippen LogP contribution in [0.15, 0.2) is 36.5 Å². The molecule has 2 N–H and O–H groups in total. The predicted octanol–water partition coefficient (Wildman–Crippen LogP) is 3.87. The number of fused-ring (bicyclic) bond motifs is 3. The number of hydroxylamine groups is 1. The van der Waals surface area contributed by atoms with Gasteiger partial charge in [-0.05, 0) is 50.7 Å². The number of aryl methyl sites for hydroxylation is 2. The minimum atomic E-state index is -0.323. The topological polar surface area (TPSA) is 67.7 Å². The average molecular weight is 376 g/mol. The van der Waals surface area contributed by atoms with Gasteiger partial charge in [-0.25, -0.2) is 9.78 Å². The van der Waals surface area contributed by atoms with Gasteiger partial charge in [0.25, 0.3) is 0 Å². The number of nitrogens with one attached hydrogen (secondary N) is 2. The summed E-state index contributed by atoms with van der Waals surface area (Å²) in [7, 11) is 0. The molecule has 28 heavy (non-hydrogen) atoms. The molecule has 0 radical (unpaired) electrons. The molecular weight excluding hydrogens is 352 g/mol. The number of aromatic nitrogens is 2. The van der Waals surface area contributed by atoms with E-state index in [1.165, 1.54) is 5.56 Å². The van der Waals surface area contributed by atoms with Crippen molar-refractivity contribution < 1.29 is 9.63 Å². The van der Waals surface area contributed by atoms with Crippen LogP contribution in [0.25, 0.3) is 5.65 Å². The highest BCUT2D eigenvalue weighted by Crippen LogP contribution is 2.38. The van der Waals surface area contributed by atoms with Crippen LogP contribution in [0.3, 0.4) is 0 Å². The van der Waals surface area contributed by atoms with Crippen molar-refractivity contribution >= 4 is 17.3 Å². The smallest absolute Gasteiger partial charge is 0.358 e. The highest BCUT2D eigenvalue weighted by molar-refractivity contribution is 5.95. The van der Waals surface area contributed by atoms with E-state index < -0.39 is 0 Å². The maximum atomic E-state index is 12.8. The minimum Gasteiger partial charge on any atom is -0.375 e. The Bertz CT molecular complexity index is 1050. The Labute approximate surface area is 163 Å². The van der Waals surface area contributed by atoms with Crippen LogP contribution in [-0.2, 0) is 11.3 Å². The van der Waals surface area contributed by atoms with Crippen molar-refractivity contribution in [3.8, 4) is 0 Å². The normalized spacial score (nSPS) is 18.6. The van der Waals surface area contributed by atoms with Crippen molar-refractivity contribution in [1.82, 2.24) is 14.9 Å². The SMILES string of the molecule is Cc1nc2c3c(c(C(=O)ONC4CC4)cn2c1C)CCC(c1ccccc1)N3. The van der Waals surface area contributed by atoms with Gasteiger partial charge in [0.05, 0.1) is 23.0 Å². The summed E-state index contributed by atoms with van der Waals surface area (Å²) >= 11 is 0. The quantitative estimate of drug-likeness (QED) is 0.677. The van der Waals surface area contributed by atoms with Gasteiger partial charge in [-0.2, -0.15) is 0 Å². The first kappa shape index (κ1) is 17.3. The maximum absolute atomic E-state index is 12.8. The van der Waals surface area contributed by atoms with Gasteiger partial charge in [0.15, 0.2) is 5.65 Å². The van der Waals surface area contributed by atoms with Gasteiger partial charge in [0, 0.05) is 17.9 Å². The van der Waals surface area contributed by atoms with E-state index in [0.29, 0.717) is 11.6 Å². The van der Waals surface area contributed by atoms with E-state index in [-0.39, 0.29) is 12.0 Å². The third kappa shape index (κ3) is 2.94. The number of imidazole rings is 1. The van der Waals surface area contributed by atoms with Crippen molar-refractivity contribution in [1.29, 1.82) is 0 Å². The molecule has 2 aliphatic rings. The molecule has 5 rings (SSSR count). The summed E-state index contributed by atoms with van der Waals surface area (Å²) in [5, 5.41) is 3.66. The standard InChI is InChI=1S/C22H24N4O2/c1-13-14(2)26-12-18(22(27)28-25-16-8-9-16)17-10-11-19(15-6-4-3-5-7-15)24-20(17)21(26)23-13/h3-7,12,16,19,24-25H,8-11H2,1-2H3. The zero-order valence-electron chi connectivity index (χ0n) is 16.2.